The zero-order valence-corrected chi connectivity index (χ0v) is 33.4. The van der Waals surface area contributed by atoms with E-state index >= 15 is 0 Å². The number of halogens is 1. The Balaban J connectivity index is 1.28. The molecule has 1 fully saturated rings. The molecule has 2 heterocycles. The van der Waals surface area contributed by atoms with Crippen LogP contribution in [0.2, 0.25) is 5.02 Å². The van der Waals surface area contributed by atoms with Crippen LogP contribution in [0.25, 0.3) is 21.2 Å². The predicted octanol–water partition coefficient (Wildman–Crippen LogP) is 14.7. The lowest BCUT2D eigenvalue weighted by atomic mass is 9.61. The average molecular weight is 721 g/mol. The van der Waals surface area contributed by atoms with E-state index in [1.165, 1.54) is 79.7 Å². The van der Waals surface area contributed by atoms with Crippen LogP contribution >= 0.6 is 22.9 Å². The minimum absolute atomic E-state index is 0.0444. The molecule has 0 saturated heterocycles. The molecule has 4 heteroatoms. The van der Waals surface area contributed by atoms with Gasteiger partial charge in [0.05, 0.1) is 27.6 Å². The predicted molar refractivity (Wildman–Crippen MR) is 225 cm³/mol. The Morgan fingerprint density at radius 2 is 1.40 bits per heavy atom. The van der Waals surface area contributed by atoms with Crippen molar-refractivity contribution in [1.82, 2.24) is 0 Å². The first kappa shape index (κ1) is 33.8. The van der Waals surface area contributed by atoms with E-state index in [0.29, 0.717) is 0 Å². The molecule has 5 aromatic carbocycles. The van der Waals surface area contributed by atoms with Crippen molar-refractivity contribution < 1.29 is 0 Å². The molecule has 264 valence electrons. The van der Waals surface area contributed by atoms with E-state index in [4.69, 9.17) is 11.6 Å². The molecule has 0 radical (unpaired) electrons. The van der Waals surface area contributed by atoms with Gasteiger partial charge >= 0.3 is 0 Å². The van der Waals surface area contributed by atoms with Crippen molar-refractivity contribution in [1.29, 1.82) is 0 Å². The summed E-state index contributed by atoms with van der Waals surface area (Å²) in [5.74, 6) is 0. The van der Waals surface area contributed by atoms with Gasteiger partial charge in [-0.3, -0.25) is 0 Å². The van der Waals surface area contributed by atoms with Crippen molar-refractivity contribution in [2.75, 3.05) is 9.80 Å². The van der Waals surface area contributed by atoms with E-state index in [9.17, 15) is 0 Å². The summed E-state index contributed by atoms with van der Waals surface area (Å²) in [4.78, 5) is 5.06. The van der Waals surface area contributed by atoms with Crippen molar-refractivity contribution in [2.24, 2.45) is 0 Å². The first-order valence-electron chi connectivity index (χ1n) is 19.0. The van der Waals surface area contributed by atoms with Crippen molar-refractivity contribution in [2.45, 2.75) is 103 Å². The van der Waals surface area contributed by atoms with Crippen molar-refractivity contribution >= 4 is 61.5 Å². The molecule has 0 N–H and O–H groups in total. The number of hydrogen-bond donors (Lipinski definition) is 0. The van der Waals surface area contributed by atoms with E-state index in [1.807, 2.05) is 11.3 Å². The number of hydrogen-bond acceptors (Lipinski definition) is 3. The molecule has 3 aliphatic rings. The summed E-state index contributed by atoms with van der Waals surface area (Å²) in [7, 11) is 0. The highest BCUT2D eigenvalue weighted by molar-refractivity contribution is 7.17. The maximum Gasteiger partial charge on any atom is 0.0883 e. The van der Waals surface area contributed by atoms with Crippen molar-refractivity contribution in [3.8, 4) is 11.1 Å². The Labute approximate surface area is 319 Å². The number of rotatable bonds is 4. The van der Waals surface area contributed by atoms with Gasteiger partial charge < -0.3 is 9.80 Å². The Kier molecular flexibility index (Phi) is 7.45. The average Bonchev–Trinajstić information content (AvgIpc) is 3.70. The quantitative estimate of drug-likeness (QED) is 0.179. The van der Waals surface area contributed by atoms with Gasteiger partial charge in [0.15, 0.2) is 0 Å². The van der Waals surface area contributed by atoms with Crippen LogP contribution in [-0.2, 0) is 16.2 Å². The summed E-state index contributed by atoms with van der Waals surface area (Å²) in [6.07, 6.45) is 4.80. The topological polar surface area (TPSA) is 6.48 Å². The summed E-state index contributed by atoms with van der Waals surface area (Å²) in [5.41, 5.74) is 15.1. The largest absolute Gasteiger partial charge is 0.333 e. The number of para-hydroxylation sites is 1. The number of fused-ring (bicyclic) bond motifs is 7. The highest BCUT2D eigenvalue weighted by atomic mass is 35.5. The fraction of sp³-hybridized carbons (Fsp3) is 0.333. The second-order valence-electron chi connectivity index (χ2n) is 17.6. The van der Waals surface area contributed by atoms with Crippen molar-refractivity contribution in [3.05, 3.63) is 135 Å². The van der Waals surface area contributed by atoms with Gasteiger partial charge in [-0.05, 0) is 114 Å². The van der Waals surface area contributed by atoms with Gasteiger partial charge in [-0.1, -0.05) is 121 Å². The van der Waals surface area contributed by atoms with Crippen LogP contribution in [0.1, 0.15) is 102 Å². The molecule has 2 nitrogen and oxygen atoms in total. The molecule has 2 atom stereocenters. The van der Waals surface area contributed by atoms with Crippen LogP contribution in [0.3, 0.4) is 0 Å². The monoisotopic (exact) mass is 720 g/mol. The molecular formula is C48H49ClN2S. The standard InChI is InChI=1S/C48H49ClN2S/c1-30-25-40(44(49)41(26-30)51-39-18-12-11-17-37(39)47(7)23-13-14-24-48(47,51)8)50(32-21-19-31(20-22-32)45(2,3)4)42-29-52-43-28-38-34(27-35(42)43)33-15-9-10-16-36(33)46(38,5)6/h9-12,15-22,25-29H,13-14,23-24H2,1-8H3. The van der Waals surface area contributed by atoms with Crippen LogP contribution in [-0.4, -0.2) is 5.54 Å². The summed E-state index contributed by atoms with van der Waals surface area (Å²) >= 11 is 9.73. The van der Waals surface area contributed by atoms with E-state index in [0.717, 1.165) is 28.5 Å². The zero-order valence-electron chi connectivity index (χ0n) is 31.8. The third kappa shape index (κ3) is 4.67. The maximum absolute atomic E-state index is 7.90. The molecule has 1 aliphatic heterocycles. The molecular weight excluding hydrogens is 672 g/mol. The third-order valence-corrected chi connectivity index (χ3v) is 14.5. The number of benzene rings is 5. The van der Waals surface area contributed by atoms with E-state index in [1.54, 1.807) is 0 Å². The number of aryl methyl sites for hydroxylation is 1. The van der Waals surface area contributed by atoms with Gasteiger partial charge in [-0.15, -0.1) is 11.3 Å². The van der Waals surface area contributed by atoms with Gasteiger partial charge in [-0.25, -0.2) is 0 Å². The van der Waals surface area contributed by atoms with E-state index in [2.05, 4.69) is 168 Å². The van der Waals surface area contributed by atoms with Crippen LogP contribution in [0.5, 0.6) is 0 Å². The van der Waals surface area contributed by atoms with Crippen LogP contribution in [0.15, 0.2) is 102 Å². The summed E-state index contributed by atoms with van der Waals surface area (Å²) in [5, 5.41) is 4.40. The molecule has 1 saturated carbocycles. The Bertz CT molecular complexity index is 2390. The van der Waals surface area contributed by atoms with Crippen molar-refractivity contribution in [3.63, 3.8) is 0 Å². The number of nitrogens with zero attached hydrogens (tertiary/aromatic N) is 2. The SMILES string of the molecule is Cc1cc(N(c2ccc(C(C)(C)C)cc2)c2csc3cc4c(cc23)-c2ccccc2C4(C)C)c(Cl)c(N2c3ccccc3C3(C)CCCCC23C)c1. The lowest BCUT2D eigenvalue weighted by Gasteiger charge is -2.50. The first-order chi connectivity index (χ1) is 24.7. The molecule has 2 aliphatic carbocycles. The van der Waals surface area contributed by atoms with Gasteiger partial charge in [0, 0.05) is 37.7 Å². The molecule has 0 spiro atoms. The molecule has 2 unspecified atom stereocenters. The van der Waals surface area contributed by atoms with Gasteiger partial charge in [0.1, 0.15) is 0 Å². The van der Waals surface area contributed by atoms with E-state index < -0.39 is 0 Å². The van der Waals surface area contributed by atoms with Crippen LogP contribution < -0.4 is 9.80 Å². The molecule has 52 heavy (non-hydrogen) atoms. The fourth-order valence-corrected chi connectivity index (χ4v) is 11.3. The number of thiophene rings is 1. The maximum atomic E-state index is 7.90. The van der Waals surface area contributed by atoms with Gasteiger partial charge in [0.25, 0.3) is 0 Å². The summed E-state index contributed by atoms with van der Waals surface area (Å²) in [6.45, 7) is 18.8. The number of anilines is 5. The van der Waals surface area contributed by atoms with Gasteiger partial charge in [-0.2, -0.15) is 0 Å². The lowest BCUT2D eigenvalue weighted by molar-refractivity contribution is 0.195. The molecule has 6 aromatic rings. The summed E-state index contributed by atoms with van der Waals surface area (Å²) in [6, 6.07) is 36.7. The second-order valence-corrected chi connectivity index (χ2v) is 18.9. The minimum atomic E-state index is -0.0847. The molecule has 9 rings (SSSR count). The van der Waals surface area contributed by atoms with Crippen LogP contribution in [0, 0.1) is 6.92 Å². The molecule has 0 bridgehead atoms. The lowest BCUT2D eigenvalue weighted by Crippen LogP contribution is -2.54. The highest BCUT2D eigenvalue weighted by Gasteiger charge is 2.58. The van der Waals surface area contributed by atoms with Crippen LogP contribution in [0.4, 0.5) is 28.4 Å². The second kappa shape index (κ2) is 11.5. The zero-order chi connectivity index (χ0) is 36.4. The minimum Gasteiger partial charge on any atom is -0.333 e. The van der Waals surface area contributed by atoms with E-state index in [-0.39, 0.29) is 21.8 Å². The summed E-state index contributed by atoms with van der Waals surface area (Å²) < 4.78 is 1.30. The Morgan fingerprint density at radius 3 is 2.15 bits per heavy atom. The molecule has 1 aromatic heterocycles. The smallest absolute Gasteiger partial charge is 0.0883 e. The highest BCUT2D eigenvalue weighted by Crippen LogP contribution is 2.62. The normalized spacial score (nSPS) is 21.5. The Hall–Kier alpha value is -4.05. The fourth-order valence-electron chi connectivity index (χ4n) is 10.0. The Morgan fingerprint density at radius 1 is 0.712 bits per heavy atom. The molecule has 0 amide bonds. The first-order valence-corrected chi connectivity index (χ1v) is 20.3. The third-order valence-electron chi connectivity index (χ3n) is 13.2. The van der Waals surface area contributed by atoms with Gasteiger partial charge in [0.2, 0.25) is 0 Å².